The number of aryl methyl sites for hydroxylation is 2. The number of hydrogen-bond acceptors (Lipinski definition) is 5. The van der Waals surface area contributed by atoms with Gasteiger partial charge in [-0.25, -0.2) is 4.79 Å². The second kappa shape index (κ2) is 13.9. The molecule has 7 nitrogen and oxygen atoms in total. The minimum absolute atomic E-state index is 0.236. The highest BCUT2D eigenvalue weighted by Gasteiger charge is 2.37. The summed E-state index contributed by atoms with van der Waals surface area (Å²) in [5.41, 5.74) is 1.65. The molecule has 204 valence electrons. The largest absolute Gasteiger partial charge is 0.444 e. The summed E-state index contributed by atoms with van der Waals surface area (Å²) in [7, 11) is 0. The monoisotopic (exact) mass is 521 g/mol. The van der Waals surface area contributed by atoms with Crippen molar-refractivity contribution in [1.82, 2.24) is 15.5 Å². The van der Waals surface area contributed by atoms with Gasteiger partial charge in [-0.05, 0) is 91.4 Å². The van der Waals surface area contributed by atoms with Gasteiger partial charge in [0.25, 0.3) is 0 Å². The molecule has 1 aromatic rings. The van der Waals surface area contributed by atoms with Crippen LogP contribution in [0.2, 0.25) is 0 Å². The second-order valence-corrected chi connectivity index (χ2v) is 12.4. The van der Waals surface area contributed by atoms with E-state index >= 15 is 0 Å². The lowest BCUT2D eigenvalue weighted by atomic mass is 9.95. The number of carbonyl (C=O) groups is 3. The van der Waals surface area contributed by atoms with Crippen LogP contribution < -0.4 is 10.6 Å². The standard InChI is InChI=1S/C28H47N3O4S/c1-11-12-16-31(25(33)22(15-17-36-10)29-26(34)35-28(7,8)9)23(24(32)30-27(4,5)6)21-14-13-19(2)18-20(21)3/h13-14,18,22-23H,11-12,15-17H2,1-10H3,(H,29,34)(H,30,32). The molecule has 3 amide bonds. The Morgan fingerprint density at radius 2 is 1.72 bits per heavy atom. The SMILES string of the molecule is CCCCN(C(=O)C(CCSC)NC(=O)OC(C)(C)C)C(C(=O)NC(C)(C)C)c1ccc(C)cc1C. The normalized spacial score (nSPS) is 13.5. The number of alkyl carbamates (subject to hydrolysis) is 1. The maximum atomic E-state index is 14.1. The zero-order valence-electron chi connectivity index (χ0n) is 23.9. The van der Waals surface area contributed by atoms with Gasteiger partial charge in [0.05, 0.1) is 0 Å². The van der Waals surface area contributed by atoms with E-state index in [-0.39, 0.29) is 11.8 Å². The Bertz CT molecular complexity index is 890. The molecule has 0 aliphatic rings. The van der Waals surface area contributed by atoms with Crippen molar-refractivity contribution < 1.29 is 19.1 Å². The van der Waals surface area contributed by atoms with Crippen molar-refractivity contribution in [2.75, 3.05) is 18.6 Å². The van der Waals surface area contributed by atoms with Crippen LogP contribution in [0.5, 0.6) is 0 Å². The first-order valence-corrected chi connectivity index (χ1v) is 14.2. The highest BCUT2D eigenvalue weighted by molar-refractivity contribution is 7.98. The van der Waals surface area contributed by atoms with E-state index in [1.54, 1.807) is 37.4 Å². The van der Waals surface area contributed by atoms with Crippen LogP contribution in [0.4, 0.5) is 4.79 Å². The van der Waals surface area contributed by atoms with Gasteiger partial charge in [-0.2, -0.15) is 11.8 Å². The number of amides is 3. The minimum atomic E-state index is -0.818. The first kappa shape index (κ1) is 31.8. The van der Waals surface area contributed by atoms with Crippen molar-refractivity contribution in [2.24, 2.45) is 0 Å². The number of nitrogens with zero attached hydrogens (tertiary/aromatic N) is 1. The molecule has 1 rings (SSSR count). The van der Waals surface area contributed by atoms with Crippen molar-refractivity contribution in [3.8, 4) is 0 Å². The fourth-order valence-corrected chi connectivity index (χ4v) is 4.33. The van der Waals surface area contributed by atoms with Gasteiger partial charge in [0.15, 0.2) is 0 Å². The van der Waals surface area contributed by atoms with E-state index in [2.05, 4.69) is 10.6 Å². The molecule has 1 aromatic carbocycles. The van der Waals surface area contributed by atoms with Gasteiger partial charge in [0.1, 0.15) is 17.7 Å². The van der Waals surface area contributed by atoms with E-state index in [9.17, 15) is 14.4 Å². The molecule has 0 saturated carbocycles. The summed E-state index contributed by atoms with van der Waals surface area (Å²) in [6.45, 7) is 17.5. The molecule has 0 fully saturated rings. The second-order valence-electron chi connectivity index (χ2n) is 11.4. The molecule has 0 aliphatic carbocycles. The number of rotatable bonds is 11. The molecule has 2 atom stereocenters. The fourth-order valence-electron chi connectivity index (χ4n) is 3.86. The summed E-state index contributed by atoms with van der Waals surface area (Å²) in [5, 5.41) is 5.86. The fraction of sp³-hybridized carbons (Fsp3) is 0.679. The van der Waals surface area contributed by atoms with Crippen LogP contribution in [0, 0.1) is 13.8 Å². The van der Waals surface area contributed by atoms with Crippen LogP contribution in [0.25, 0.3) is 0 Å². The third-order valence-electron chi connectivity index (χ3n) is 5.41. The van der Waals surface area contributed by atoms with Gasteiger partial charge >= 0.3 is 6.09 Å². The van der Waals surface area contributed by atoms with E-state index in [4.69, 9.17) is 4.74 Å². The number of hydrogen-bond donors (Lipinski definition) is 2. The Kier molecular flexibility index (Phi) is 12.3. The maximum absolute atomic E-state index is 14.1. The Labute approximate surface area is 222 Å². The van der Waals surface area contributed by atoms with E-state index in [0.717, 1.165) is 29.5 Å². The molecule has 2 unspecified atom stereocenters. The summed E-state index contributed by atoms with van der Waals surface area (Å²) in [6.07, 6.45) is 3.35. The number of thioether (sulfide) groups is 1. The zero-order chi connectivity index (χ0) is 27.7. The van der Waals surface area contributed by atoms with Crippen LogP contribution in [0.15, 0.2) is 18.2 Å². The quantitative estimate of drug-likeness (QED) is 0.400. The summed E-state index contributed by atoms with van der Waals surface area (Å²) < 4.78 is 5.44. The van der Waals surface area contributed by atoms with Crippen LogP contribution >= 0.6 is 11.8 Å². The highest BCUT2D eigenvalue weighted by atomic mass is 32.2. The summed E-state index contributed by atoms with van der Waals surface area (Å²) in [4.78, 5) is 42.1. The van der Waals surface area contributed by atoms with Gasteiger partial charge in [0, 0.05) is 12.1 Å². The Balaban J connectivity index is 3.54. The van der Waals surface area contributed by atoms with Gasteiger partial charge in [-0.3, -0.25) is 9.59 Å². The summed E-state index contributed by atoms with van der Waals surface area (Å²) >= 11 is 1.60. The van der Waals surface area contributed by atoms with Crippen LogP contribution in [-0.2, 0) is 14.3 Å². The molecule has 0 aromatic heterocycles. The molecule has 0 heterocycles. The first-order chi connectivity index (χ1) is 16.6. The third-order valence-corrected chi connectivity index (χ3v) is 6.06. The molecular formula is C28H47N3O4S. The number of carbonyl (C=O) groups excluding carboxylic acids is 3. The molecule has 0 radical (unpaired) electrons. The zero-order valence-corrected chi connectivity index (χ0v) is 24.7. The molecule has 0 spiro atoms. The Morgan fingerprint density at radius 3 is 2.22 bits per heavy atom. The van der Waals surface area contributed by atoms with Crippen molar-refractivity contribution in [2.45, 2.75) is 105 Å². The van der Waals surface area contributed by atoms with Gasteiger partial charge in [-0.1, -0.05) is 37.1 Å². The average Bonchev–Trinajstić information content (AvgIpc) is 2.72. The van der Waals surface area contributed by atoms with E-state index in [1.807, 2.05) is 66.0 Å². The van der Waals surface area contributed by atoms with Crippen LogP contribution in [-0.4, -0.2) is 58.5 Å². The molecule has 0 aliphatic heterocycles. The minimum Gasteiger partial charge on any atom is -0.444 e. The number of unbranched alkanes of at least 4 members (excludes halogenated alkanes) is 1. The van der Waals surface area contributed by atoms with Crippen molar-refractivity contribution in [1.29, 1.82) is 0 Å². The topological polar surface area (TPSA) is 87.7 Å². The third kappa shape index (κ3) is 10.8. The lowest BCUT2D eigenvalue weighted by Crippen LogP contribution is -2.55. The first-order valence-electron chi connectivity index (χ1n) is 12.8. The molecule has 0 bridgehead atoms. The highest BCUT2D eigenvalue weighted by Crippen LogP contribution is 2.28. The van der Waals surface area contributed by atoms with E-state index < -0.39 is 29.3 Å². The molecule has 8 heteroatoms. The Morgan fingerprint density at radius 1 is 1.08 bits per heavy atom. The number of nitrogens with one attached hydrogen (secondary N) is 2. The summed E-state index contributed by atoms with van der Waals surface area (Å²) in [6, 6.07) is 4.30. The number of benzene rings is 1. The van der Waals surface area contributed by atoms with Crippen LogP contribution in [0.3, 0.4) is 0 Å². The van der Waals surface area contributed by atoms with Crippen molar-refractivity contribution in [3.05, 3.63) is 34.9 Å². The predicted octanol–water partition coefficient (Wildman–Crippen LogP) is 5.53. The van der Waals surface area contributed by atoms with Crippen LogP contribution in [0.1, 0.15) is 90.5 Å². The lowest BCUT2D eigenvalue weighted by molar-refractivity contribution is -0.143. The van der Waals surface area contributed by atoms with Gasteiger partial charge in [0.2, 0.25) is 11.8 Å². The average molecular weight is 522 g/mol. The smallest absolute Gasteiger partial charge is 0.408 e. The van der Waals surface area contributed by atoms with Gasteiger partial charge < -0.3 is 20.3 Å². The molecule has 36 heavy (non-hydrogen) atoms. The molecule has 0 saturated heterocycles. The van der Waals surface area contributed by atoms with E-state index in [1.165, 1.54) is 0 Å². The van der Waals surface area contributed by atoms with Crippen molar-refractivity contribution in [3.63, 3.8) is 0 Å². The number of ether oxygens (including phenoxy) is 1. The summed E-state index contributed by atoms with van der Waals surface area (Å²) in [5.74, 6) is 0.160. The molecule has 2 N–H and O–H groups in total. The molecular weight excluding hydrogens is 474 g/mol. The lowest BCUT2D eigenvalue weighted by Gasteiger charge is -2.36. The predicted molar refractivity (Wildman–Crippen MR) is 149 cm³/mol. The maximum Gasteiger partial charge on any atom is 0.408 e. The van der Waals surface area contributed by atoms with Gasteiger partial charge in [-0.15, -0.1) is 0 Å². The Hall–Kier alpha value is -2.22. The van der Waals surface area contributed by atoms with Crippen molar-refractivity contribution >= 4 is 29.7 Å². The van der Waals surface area contributed by atoms with E-state index in [0.29, 0.717) is 18.7 Å².